The second-order valence-electron chi connectivity index (χ2n) is 6.15. The second-order valence-corrected chi connectivity index (χ2v) is 6.15. The molecule has 0 saturated carbocycles. The predicted molar refractivity (Wildman–Crippen MR) is 84.7 cm³/mol. The van der Waals surface area contributed by atoms with E-state index < -0.39 is 0 Å². The molecule has 2 aliphatic heterocycles. The van der Waals surface area contributed by atoms with E-state index in [1.165, 1.54) is 45.8 Å². The lowest BCUT2D eigenvalue weighted by Crippen LogP contribution is -2.58. The van der Waals surface area contributed by atoms with E-state index >= 15 is 0 Å². The van der Waals surface area contributed by atoms with Gasteiger partial charge in [0.1, 0.15) is 0 Å². The van der Waals surface area contributed by atoms with Crippen LogP contribution in [0.15, 0.2) is 0 Å². The fourth-order valence-corrected chi connectivity index (χ4v) is 3.22. The maximum atomic E-state index is 2.68. The zero-order valence-corrected chi connectivity index (χ0v) is 14.0. The second kappa shape index (κ2) is 8.23. The maximum absolute atomic E-state index is 2.68. The Morgan fingerprint density at radius 2 is 1.68 bits per heavy atom. The molecule has 0 aromatic heterocycles. The Kier molecular flexibility index (Phi) is 7.33. The Hall–Kier alpha value is -0.120. The van der Waals surface area contributed by atoms with Crippen LogP contribution in [0, 0.1) is 5.92 Å². The highest BCUT2D eigenvalue weighted by Gasteiger charge is 2.31. The fourth-order valence-electron chi connectivity index (χ4n) is 3.22. The Labute approximate surface area is 120 Å². The topological polar surface area (TPSA) is 9.72 Å². The van der Waals surface area contributed by atoms with Crippen LogP contribution >= 0.6 is 0 Å². The molecule has 3 nitrogen and oxygen atoms in total. The van der Waals surface area contributed by atoms with Gasteiger partial charge >= 0.3 is 0 Å². The molecular formula is C16H35N3. The van der Waals surface area contributed by atoms with Crippen molar-refractivity contribution in [2.75, 3.05) is 45.8 Å². The van der Waals surface area contributed by atoms with Crippen LogP contribution in [0.3, 0.4) is 0 Å². The molecule has 2 rings (SSSR count). The van der Waals surface area contributed by atoms with Crippen LogP contribution in [0.4, 0.5) is 0 Å². The summed E-state index contributed by atoms with van der Waals surface area (Å²) in [6.07, 6.45) is 0. The summed E-state index contributed by atoms with van der Waals surface area (Å²) in [7, 11) is 0. The van der Waals surface area contributed by atoms with E-state index in [-0.39, 0.29) is 0 Å². The van der Waals surface area contributed by atoms with E-state index in [9.17, 15) is 0 Å². The van der Waals surface area contributed by atoms with Gasteiger partial charge in [0.05, 0.1) is 0 Å². The van der Waals surface area contributed by atoms with Crippen molar-refractivity contribution in [1.82, 2.24) is 14.7 Å². The van der Waals surface area contributed by atoms with E-state index in [0.29, 0.717) is 0 Å². The van der Waals surface area contributed by atoms with Crippen LogP contribution in [0.1, 0.15) is 41.5 Å². The molecule has 3 heteroatoms. The Balaban J connectivity index is 0.000000861. The molecule has 2 aliphatic rings. The van der Waals surface area contributed by atoms with Gasteiger partial charge in [0.2, 0.25) is 0 Å². The molecule has 0 N–H and O–H groups in total. The summed E-state index contributed by atoms with van der Waals surface area (Å²) in [5.74, 6) is 0.928. The summed E-state index contributed by atoms with van der Waals surface area (Å²) in [5.41, 5.74) is 0. The van der Waals surface area contributed by atoms with E-state index in [0.717, 1.165) is 18.0 Å². The zero-order chi connectivity index (χ0) is 14.4. The quantitative estimate of drug-likeness (QED) is 0.776. The summed E-state index contributed by atoms with van der Waals surface area (Å²) in [6, 6.07) is 1.48. The van der Waals surface area contributed by atoms with E-state index in [4.69, 9.17) is 0 Å². The van der Waals surface area contributed by atoms with Crippen molar-refractivity contribution in [3.63, 3.8) is 0 Å². The molecular weight excluding hydrogens is 234 g/mol. The van der Waals surface area contributed by atoms with E-state index in [1.54, 1.807) is 0 Å². The van der Waals surface area contributed by atoms with E-state index in [1.807, 2.05) is 13.8 Å². The summed E-state index contributed by atoms with van der Waals surface area (Å²) in [6.45, 7) is 22.2. The van der Waals surface area contributed by atoms with Crippen molar-refractivity contribution < 1.29 is 0 Å². The summed E-state index contributed by atoms with van der Waals surface area (Å²) < 4.78 is 0. The largest absolute Gasteiger partial charge is 0.300 e. The highest BCUT2D eigenvalue weighted by atomic mass is 15.3. The first-order valence-electron chi connectivity index (χ1n) is 8.30. The van der Waals surface area contributed by atoms with Crippen LogP contribution in [-0.2, 0) is 0 Å². The lowest BCUT2D eigenvalue weighted by Gasteiger charge is -2.46. The Bertz CT molecular complexity index is 236. The summed E-state index contributed by atoms with van der Waals surface area (Å²) in [5, 5.41) is 0. The molecule has 1 unspecified atom stereocenters. The van der Waals surface area contributed by atoms with Crippen molar-refractivity contribution in [2.24, 2.45) is 5.92 Å². The first-order valence-corrected chi connectivity index (χ1v) is 8.30. The van der Waals surface area contributed by atoms with Crippen molar-refractivity contribution in [3.05, 3.63) is 0 Å². The monoisotopic (exact) mass is 269 g/mol. The minimum Gasteiger partial charge on any atom is -0.300 e. The van der Waals surface area contributed by atoms with Gasteiger partial charge in [-0.2, -0.15) is 0 Å². The maximum Gasteiger partial charge on any atom is 0.0195 e. The van der Waals surface area contributed by atoms with Crippen molar-refractivity contribution >= 4 is 0 Å². The van der Waals surface area contributed by atoms with Gasteiger partial charge in [-0.25, -0.2) is 0 Å². The average Bonchev–Trinajstić information content (AvgIpc) is 2.35. The number of rotatable bonds is 4. The average molecular weight is 269 g/mol. The predicted octanol–water partition coefficient (Wildman–Crippen LogP) is 2.38. The minimum absolute atomic E-state index is 0.738. The standard InChI is InChI=1S/C14H29N3.C2H6/c1-5-16-7-6-15(8-13(16)4)9-14-10-17(11-14)12(2)3;1-2/h12-14H,5-11H2,1-4H3;1-2H3. The molecule has 0 aliphatic carbocycles. The highest BCUT2D eigenvalue weighted by Crippen LogP contribution is 2.20. The normalized spacial score (nSPS) is 27.0. The number of hydrogen-bond donors (Lipinski definition) is 0. The first-order chi connectivity index (χ1) is 9.10. The third kappa shape index (κ3) is 4.73. The molecule has 19 heavy (non-hydrogen) atoms. The smallest absolute Gasteiger partial charge is 0.0195 e. The highest BCUT2D eigenvalue weighted by molar-refractivity contribution is 4.87. The number of piperazine rings is 1. The fraction of sp³-hybridized carbons (Fsp3) is 1.00. The van der Waals surface area contributed by atoms with Gasteiger partial charge in [0.25, 0.3) is 0 Å². The minimum atomic E-state index is 0.738. The third-order valence-electron chi connectivity index (χ3n) is 4.49. The van der Waals surface area contributed by atoms with E-state index in [2.05, 4.69) is 42.4 Å². The summed E-state index contributed by atoms with van der Waals surface area (Å²) >= 11 is 0. The molecule has 0 spiro atoms. The molecule has 0 aromatic rings. The lowest BCUT2D eigenvalue weighted by molar-refractivity contribution is 0.0172. The van der Waals surface area contributed by atoms with Crippen molar-refractivity contribution in [1.29, 1.82) is 0 Å². The summed E-state index contributed by atoms with van der Waals surface area (Å²) in [4.78, 5) is 7.85. The number of likely N-dealkylation sites (N-methyl/N-ethyl adjacent to an activating group) is 1. The van der Waals surface area contributed by atoms with Crippen LogP contribution in [0.5, 0.6) is 0 Å². The van der Waals surface area contributed by atoms with Crippen LogP contribution in [0.2, 0.25) is 0 Å². The Morgan fingerprint density at radius 3 is 2.16 bits per heavy atom. The molecule has 0 aromatic carbocycles. The molecule has 2 fully saturated rings. The molecule has 0 radical (unpaired) electrons. The number of likely N-dealkylation sites (tertiary alicyclic amines) is 1. The van der Waals surface area contributed by atoms with Gasteiger partial charge in [-0.1, -0.05) is 20.8 Å². The third-order valence-corrected chi connectivity index (χ3v) is 4.49. The van der Waals surface area contributed by atoms with Gasteiger partial charge in [0, 0.05) is 51.4 Å². The molecule has 1 atom stereocenters. The molecule has 0 bridgehead atoms. The van der Waals surface area contributed by atoms with Crippen LogP contribution in [-0.4, -0.2) is 72.6 Å². The zero-order valence-electron chi connectivity index (χ0n) is 14.0. The molecule has 2 saturated heterocycles. The van der Waals surface area contributed by atoms with Gasteiger partial charge in [0.15, 0.2) is 0 Å². The van der Waals surface area contributed by atoms with Crippen molar-refractivity contribution in [2.45, 2.75) is 53.6 Å². The number of nitrogens with zero attached hydrogens (tertiary/aromatic N) is 3. The Morgan fingerprint density at radius 1 is 1.05 bits per heavy atom. The van der Waals surface area contributed by atoms with Crippen LogP contribution in [0.25, 0.3) is 0 Å². The van der Waals surface area contributed by atoms with Gasteiger partial charge in [-0.05, 0) is 33.2 Å². The van der Waals surface area contributed by atoms with Gasteiger partial charge < -0.3 is 9.80 Å². The molecule has 114 valence electrons. The van der Waals surface area contributed by atoms with Gasteiger partial charge in [-0.3, -0.25) is 4.90 Å². The first kappa shape index (κ1) is 16.9. The molecule has 2 heterocycles. The molecule has 0 amide bonds. The lowest BCUT2D eigenvalue weighted by atomic mass is 9.97. The van der Waals surface area contributed by atoms with Gasteiger partial charge in [-0.15, -0.1) is 0 Å². The van der Waals surface area contributed by atoms with Crippen molar-refractivity contribution in [3.8, 4) is 0 Å². The number of hydrogen-bond acceptors (Lipinski definition) is 3. The SMILES string of the molecule is CC.CCN1CCN(CC2CN(C(C)C)C2)CC1C. The van der Waals surface area contributed by atoms with Crippen LogP contribution < -0.4 is 0 Å².